The molecule has 0 aliphatic heterocycles. The lowest BCUT2D eigenvalue weighted by atomic mass is 10.4. The third kappa shape index (κ3) is 2.59. The van der Waals surface area contributed by atoms with E-state index in [-0.39, 0.29) is 28.3 Å². The molecule has 0 unspecified atom stereocenters. The minimum Gasteiger partial charge on any atom is -0.308 e. The summed E-state index contributed by atoms with van der Waals surface area (Å²) >= 11 is 11.3. The van der Waals surface area contributed by atoms with E-state index in [0.29, 0.717) is 0 Å². The molecule has 1 heterocycles. The van der Waals surface area contributed by atoms with Gasteiger partial charge in [-0.1, -0.05) is 29.1 Å². The number of terminal acetylenes is 1. The molecule has 72 valence electrons. The smallest absolute Gasteiger partial charge is 0.237 e. The van der Waals surface area contributed by atoms with Crippen molar-refractivity contribution in [2.75, 3.05) is 5.32 Å². The minimum atomic E-state index is -0.371. The second-order valence-corrected chi connectivity index (χ2v) is 2.99. The van der Waals surface area contributed by atoms with E-state index >= 15 is 0 Å². The standard InChI is InChI=1S/C8H5Cl2N3O/c1-2-3-5(14)13-8-6(9)7(10)11-4-12-8/h1,4H,3H2,(H,11,12,13,14). The molecule has 1 aromatic rings. The first kappa shape index (κ1) is 10.8. The van der Waals surface area contributed by atoms with Crippen molar-refractivity contribution in [2.45, 2.75) is 6.42 Å². The maximum Gasteiger partial charge on any atom is 0.237 e. The lowest BCUT2D eigenvalue weighted by Crippen LogP contribution is -2.12. The summed E-state index contributed by atoms with van der Waals surface area (Å²) in [6.07, 6.45) is 6.10. The number of carbonyl (C=O) groups is 1. The van der Waals surface area contributed by atoms with Gasteiger partial charge in [-0.2, -0.15) is 0 Å². The molecule has 1 aromatic heterocycles. The lowest BCUT2D eigenvalue weighted by molar-refractivity contribution is -0.115. The highest BCUT2D eigenvalue weighted by Crippen LogP contribution is 2.25. The normalized spacial score (nSPS) is 9.21. The van der Waals surface area contributed by atoms with Crippen LogP contribution in [0.15, 0.2) is 6.33 Å². The molecule has 0 aliphatic carbocycles. The summed E-state index contributed by atoms with van der Waals surface area (Å²) in [4.78, 5) is 18.4. The number of anilines is 1. The van der Waals surface area contributed by atoms with Gasteiger partial charge in [-0.15, -0.1) is 6.42 Å². The molecule has 1 amide bonds. The number of carbonyl (C=O) groups excluding carboxylic acids is 1. The number of hydrogen-bond acceptors (Lipinski definition) is 3. The van der Waals surface area contributed by atoms with Gasteiger partial charge in [0.1, 0.15) is 11.3 Å². The second kappa shape index (κ2) is 4.80. The number of nitrogens with one attached hydrogen (secondary N) is 1. The second-order valence-electron chi connectivity index (χ2n) is 2.26. The topological polar surface area (TPSA) is 54.9 Å². The Bertz CT molecular complexity index is 400. The Labute approximate surface area is 90.6 Å². The number of aromatic nitrogens is 2. The van der Waals surface area contributed by atoms with E-state index in [1.807, 2.05) is 0 Å². The van der Waals surface area contributed by atoms with Crippen molar-refractivity contribution >= 4 is 34.9 Å². The summed E-state index contributed by atoms with van der Waals surface area (Å²) in [5, 5.41) is 2.58. The van der Waals surface area contributed by atoms with Crippen LogP contribution in [0, 0.1) is 12.3 Å². The first-order valence-electron chi connectivity index (χ1n) is 3.54. The molecule has 0 aromatic carbocycles. The number of amides is 1. The Balaban J connectivity index is 2.83. The van der Waals surface area contributed by atoms with E-state index in [9.17, 15) is 4.79 Å². The van der Waals surface area contributed by atoms with Gasteiger partial charge < -0.3 is 5.32 Å². The van der Waals surface area contributed by atoms with Gasteiger partial charge in [0, 0.05) is 0 Å². The van der Waals surface area contributed by atoms with Gasteiger partial charge in [-0.3, -0.25) is 4.79 Å². The van der Waals surface area contributed by atoms with Crippen molar-refractivity contribution < 1.29 is 4.79 Å². The van der Waals surface area contributed by atoms with Crippen molar-refractivity contribution in [3.8, 4) is 12.3 Å². The van der Waals surface area contributed by atoms with Gasteiger partial charge in [0.25, 0.3) is 0 Å². The van der Waals surface area contributed by atoms with Crippen LogP contribution in [-0.2, 0) is 4.79 Å². The largest absolute Gasteiger partial charge is 0.308 e. The maximum absolute atomic E-state index is 11.1. The molecular weight excluding hydrogens is 225 g/mol. The predicted molar refractivity (Wildman–Crippen MR) is 54.1 cm³/mol. The monoisotopic (exact) mass is 229 g/mol. The maximum atomic E-state index is 11.1. The summed E-state index contributed by atoms with van der Waals surface area (Å²) in [5.41, 5.74) is 0. The van der Waals surface area contributed by atoms with E-state index in [2.05, 4.69) is 21.2 Å². The highest BCUT2D eigenvalue weighted by Gasteiger charge is 2.09. The van der Waals surface area contributed by atoms with Gasteiger partial charge in [-0.25, -0.2) is 9.97 Å². The van der Waals surface area contributed by atoms with Gasteiger partial charge in [0.2, 0.25) is 5.91 Å². The van der Waals surface area contributed by atoms with Crippen molar-refractivity contribution in [2.24, 2.45) is 0 Å². The van der Waals surface area contributed by atoms with Crippen LogP contribution >= 0.6 is 23.2 Å². The third-order valence-corrected chi connectivity index (χ3v) is 2.01. The summed E-state index contributed by atoms with van der Waals surface area (Å²) in [6.45, 7) is 0. The quantitative estimate of drug-likeness (QED) is 0.621. The van der Waals surface area contributed by atoms with E-state index in [0.717, 1.165) is 0 Å². The van der Waals surface area contributed by atoms with Crippen molar-refractivity contribution in [3.63, 3.8) is 0 Å². The summed E-state index contributed by atoms with van der Waals surface area (Å²) in [6, 6.07) is 0. The van der Waals surface area contributed by atoms with Gasteiger partial charge in [0.15, 0.2) is 11.0 Å². The number of halogens is 2. The molecule has 0 spiro atoms. The SMILES string of the molecule is C#CCC(=O)Nc1ncnc(Cl)c1Cl. The molecule has 14 heavy (non-hydrogen) atoms. The highest BCUT2D eigenvalue weighted by atomic mass is 35.5. The predicted octanol–water partition coefficient (Wildman–Crippen LogP) is 1.75. The minimum absolute atomic E-state index is 0.0437. The third-order valence-electron chi connectivity index (χ3n) is 1.27. The van der Waals surface area contributed by atoms with Crippen LogP contribution in [0.25, 0.3) is 0 Å². The molecule has 1 rings (SSSR count). The van der Waals surface area contributed by atoms with Crippen LogP contribution < -0.4 is 5.32 Å². The molecule has 0 bridgehead atoms. The van der Waals surface area contributed by atoms with E-state index in [1.54, 1.807) is 0 Å². The van der Waals surface area contributed by atoms with Gasteiger partial charge in [-0.05, 0) is 0 Å². The van der Waals surface area contributed by atoms with Crippen LogP contribution in [0.4, 0.5) is 5.82 Å². The zero-order valence-corrected chi connectivity index (χ0v) is 8.43. The zero-order chi connectivity index (χ0) is 10.6. The fourth-order valence-corrected chi connectivity index (χ4v) is 0.982. The molecule has 6 heteroatoms. The van der Waals surface area contributed by atoms with Crippen LogP contribution in [0.2, 0.25) is 10.2 Å². The van der Waals surface area contributed by atoms with E-state index < -0.39 is 0 Å². The van der Waals surface area contributed by atoms with Crippen LogP contribution in [0.5, 0.6) is 0 Å². The molecule has 0 saturated carbocycles. The first-order chi connectivity index (χ1) is 6.65. The summed E-state index contributed by atoms with van der Waals surface area (Å²) in [7, 11) is 0. The molecule has 1 N–H and O–H groups in total. The Morgan fingerprint density at radius 1 is 1.57 bits per heavy atom. The summed E-state index contributed by atoms with van der Waals surface area (Å²) in [5.74, 6) is 1.98. The fraction of sp³-hybridized carbons (Fsp3) is 0.125. The summed E-state index contributed by atoms with van der Waals surface area (Å²) < 4.78 is 0. The molecule has 0 saturated heterocycles. The molecular formula is C8H5Cl2N3O. The molecule has 0 atom stereocenters. The van der Waals surface area contributed by atoms with Crippen LogP contribution in [-0.4, -0.2) is 15.9 Å². The Hall–Kier alpha value is -1.31. The number of nitrogens with zero attached hydrogens (tertiary/aromatic N) is 2. The lowest BCUT2D eigenvalue weighted by Gasteiger charge is -2.03. The number of hydrogen-bond donors (Lipinski definition) is 1. The first-order valence-corrected chi connectivity index (χ1v) is 4.30. The van der Waals surface area contributed by atoms with E-state index in [1.165, 1.54) is 6.33 Å². The van der Waals surface area contributed by atoms with Crippen molar-refractivity contribution in [3.05, 3.63) is 16.5 Å². The zero-order valence-electron chi connectivity index (χ0n) is 6.92. The Morgan fingerprint density at radius 3 is 2.93 bits per heavy atom. The molecule has 0 fully saturated rings. The van der Waals surface area contributed by atoms with E-state index in [4.69, 9.17) is 29.6 Å². The Morgan fingerprint density at radius 2 is 2.29 bits per heavy atom. The molecule has 0 radical (unpaired) electrons. The average molecular weight is 230 g/mol. The average Bonchev–Trinajstić information content (AvgIpc) is 2.13. The van der Waals surface area contributed by atoms with Crippen LogP contribution in [0.3, 0.4) is 0 Å². The van der Waals surface area contributed by atoms with Gasteiger partial charge in [0.05, 0.1) is 6.42 Å². The van der Waals surface area contributed by atoms with Crippen LogP contribution in [0.1, 0.15) is 6.42 Å². The highest BCUT2D eigenvalue weighted by molar-refractivity contribution is 6.42. The van der Waals surface area contributed by atoms with Crippen molar-refractivity contribution in [1.82, 2.24) is 9.97 Å². The fourth-order valence-electron chi connectivity index (χ4n) is 0.704. The number of rotatable bonds is 2. The molecule has 0 aliphatic rings. The van der Waals surface area contributed by atoms with Gasteiger partial charge >= 0.3 is 0 Å². The Kier molecular flexibility index (Phi) is 3.69. The molecule has 4 nitrogen and oxygen atoms in total. The van der Waals surface area contributed by atoms with Crippen molar-refractivity contribution in [1.29, 1.82) is 0 Å².